The van der Waals surface area contributed by atoms with E-state index < -0.39 is 0 Å². The molecule has 0 saturated carbocycles. The number of carbonyl (C=O) groups excluding carboxylic acids is 1. The first-order valence-corrected chi connectivity index (χ1v) is 11.7. The Balaban J connectivity index is 1.28. The Morgan fingerprint density at radius 2 is 2.09 bits per heavy atom. The average molecular weight is 482 g/mol. The predicted molar refractivity (Wildman–Crippen MR) is 122 cm³/mol. The van der Waals surface area contributed by atoms with E-state index in [4.69, 9.17) is 13.9 Å². The van der Waals surface area contributed by atoms with Crippen molar-refractivity contribution in [2.45, 2.75) is 11.7 Å². The zero-order valence-electron chi connectivity index (χ0n) is 16.9. The summed E-state index contributed by atoms with van der Waals surface area (Å²) in [5.41, 5.74) is 1.16. The van der Waals surface area contributed by atoms with Crippen molar-refractivity contribution in [3.8, 4) is 11.5 Å². The summed E-state index contributed by atoms with van der Waals surface area (Å²) in [6.45, 7) is 0.404. The van der Waals surface area contributed by atoms with E-state index in [-0.39, 0.29) is 30.6 Å². The molecule has 0 saturated heterocycles. The zero-order chi connectivity index (χ0) is 22.4. The highest BCUT2D eigenvalue weighted by Gasteiger charge is 2.20. The normalized spacial score (nSPS) is 12.6. The van der Waals surface area contributed by atoms with Gasteiger partial charge in [-0.1, -0.05) is 11.8 Å². The second-order valence-corrected chi connectivity index (χ2v) is 8.99. The molecule has 33 heavy (non-hydrogen) atoms. The van der Waals surface area contributed by atoms with Crippen LogP contribution in [0, 0.1) is 0 Å². The van der Waals surface area contributed by atoms with Crippen LogP contribution >= 0.6 is 23.1 Å². The molecule has 12 heteroatoms. The molecule has 0 unspecified atom stereocenters. The molecular weight excluding hydrogens is 466 g/mol. The predicted octanol–water partition coefficient (Wildman–Crippen LogP) is 3.21. The number of amides is 1. The summed E-state index contributed by atoms with van der Waals surface area (Å²) in [7, 11) is 0. The third-order valence-corrected chi connectivity index (χ3v) is 6.89. The largest absolute Gasteiger partial charge is 0.467 e. The van der Waals surface area contributed by atoms with Crippen LogP contribution in [0.3, 0.4) is 0 Å². The lowest BCUT2D eigenvalue weighted by Crippen LogP contribution is -2.23. The smallest absolute Gasteiger partial charge is 0.273 e. The van der Waals surface area contributed by atoms with Crippen LogP contribution in [-0.2, 0) is 11.3 Å². The topological polar surface area (TPSA) is 113 Å². The van der Waals surface area contributed by atoms with Crippen LogP contribution in [-0.4, -0.2) is 37.6 Å². The van der Waals surface area contributed by atoms with Gasteiger partial charge in [0.1, 0.15) is 10.5 Å². The number of nitrogens with one attached hydrogen (secondary N) is 1. The summed E-state index contributed by atoms with van der Waals surface area (Å²) in [5, 5.41) is 13.7. The molecule has 1 aliphatic rings. The molecule has 0 bridgehead atoms. The fourth-order valence-corrected chi connectivity index (χ4v) is 5.16. The number of ether oxygens (including phenoxy) is 2. The molecule has 1 amide bonds. The number of aromatic nitrogens is 4. The van der Waals surface area contributed by atoms with Gasteiger partial charge in [-0.15, -0.1) is 21.5 Å². The average Bonchev–Trinajstić information content (AvgIpc) is 3.60. The molecule has 166 valence electrons. The summed E-state index contributed by atoms with van der Waals surface area (Å²) in [5.74, 6) is 2.17. The molecule has 1 aromatic carbocycles. The fourth-order valence-electron chi connectivity index (χ4n) is 3.60. The van der Waals surface area contributed by atoms with Crippen LogP contribution in [0.4, 0.5) is 5.69 Å². The van der Waals surface area contributed by atoms with Crippen LogP contribution in [0.1, 0.15) is 5.76 Å². The summed E-state index contributed by atoms with van der Waals surface area (Å²) >= 11 is 2.59. The number of thiophene rings is 1. The van der Waals surface area contributed by atoms with Crippen molar-refractivity contribution in [3.63, 3.8) is 0 Å². The van der Waals surface area contributed by atoms with Crippen molar-refractivity contribution in [1.29, 1.82) is 0 Å². The zero-order valence-corrected chi connectivity index (χ0v) is 18.5. The third-order valence-electron chi connectivity index (χ3n) is 5.07. The monoisotopic (exact) mass is 481 g/mol. The lowest BCUT2D eigenvalue weighted by atomic mass is 10.3. The third kappa shape index (κ3) is 3.52. The van der Waals surface area contributed by atoms with Crippen molar-refractivity contribution < 1.29 is 18.7 Å². The molecule has 1 aliphatic heterocycles. The van der Waals surface area contributed by atoms with Gasteiger partial charge < -0.3 is 19.2 Å². The van der Waals surface area contributed by atoms with E-state index in [0.29, 0.717) is 44.1 Å². The summed E-state index contributed by atoms with van der Waals surface area (Å²) in [6.07, 6.45) is 1.56. The van der Waals surface area contributed by atoms with E-state index in [1.807, 2.05) is 11.4 Å². The van der Waals surface area contributed by atoms with Gasteiger partial charge in [0.25, 0.3) is 5.56 Å². The van der Waals surface area contributed by atoms with Crippen LogP contribution in [0.2, 0.25) is 0 Å². The molecule has 1 N–H and O–H groups in total. The van der Waals surface area contributed by atoms with Gasteiger partial charge in [0.2, 0.25) is 18.5 Å². The lowest BCUT2D eigenvalue weighted by molar-refractivity contribution is -0.113. The minimum absolute atomic E-state index is 0.109. The number of fused-ring (bicyclic) bond motifs is 4. The minimum atomic E-state index is -0.207. The van der Waals surface area contributed by atoms with Gasteiger partial charge in [-0.3, -0.25) is 18.6 Å². The quantitative estimate of drug-likeness (QED) is 0.368. The van der Waals surface area contributed by atoms with E-state index >= 15 is 0 Å². The van der Waals surface area contributed by atoms with Crippen LogP contribution in [0.15, 0.2) is 62.4 Å². The van der Waals surface area contributed by atoms with Crippen LogP contribution in [0.5, 0.6) is 11.5 Å². The number of nitrogens with zero attached hydrogens (tertiary/aromatic N) is 4. The highest BCUT2D eigenvalue weighted by atomic mass is 32.2. The Morgan fingerprint density at radius 3 is 2.97 bits per heavy atom. The first-order valence-electron chi connectivity index (χ1n) is 9.87. The molecule has 0 radical (unpaired) electrons. The highest BCUT2D eigenvalue weighted by molar-refractivity contribution is 7.99. The van der Waals surface area contributed by atoms with E-state index in [1.54, 1.807) is 41.0 Å². The molecular formula is C21H15N5O5S2. The molecule has 5 heterocycles. The number of furan rings is 1. The second-order valence-electron chi connectivity index (χ2n) is 7.13. The highest BCUT2D eigenvalue weighted by Crippen LogP contribution is 2.34. The van der Waals surface area contributed by atoms with Gasteiger partial charge in [-0.25, -0.2) is 0 Å². The maximum atomic E-state index is 13.0. The molecule has 4 aromatic heterocycles. The van der Waals surface area contributed by atoms with E-state index in [2.05, 4.69) is 15.5 Å². The Bertz CT molecular complexity index is 1550. The maximum Gasteiger partial charge on any atom is 0.273 e. The van der Waals surface area contributed by atoms with Gasteiger partial charge in [0.05, 0.1) is 24.1 Å². The minimum Gasteiger partial charge on any atom is -0.467 e. The number of thioether (sulfide) groups is 1. The number of hydrogen-bond acceptors (Lipinski definition) is 9. The Hall–Kier alpha value is -3.77. The Morgan fingerprint density at radius 1 is 1.18 bits per heavy atom. The SMILES string of the molecule is O=C(CSc1nnc2n(Cc3ccco3)c(=O)c3sccc3n12)Nc1ccc2c(c1)OCO2. The number of benzene rings is 1. The lowest BCUT2D eigenvalue weighted by Gasteiger charge is -2.08. The summed E-state index contributed by atoms with van der Waals surface area (Å²) < 4.78 is 20.0. The standard InChI is InChI=1S/C21H15N5O5S2/c27-17(22-12-3-4-15-16(8-12)31-11-30-15)10-33-21-24-23-20-25(9-13-2-1-6-29-13)19(28)18-14(26(20)21)5-7-32-18/h1-8H,9-11H2,(H,22,27). The first kappa shape index (κ1) is 19.9. The van der Waals surface area contributed by atoms with Gasteiger partial charge in [0.15, 0.2) is 16.7 Å². The number of carbonyl (C=O) groups is 1. The van der Waals surface area contributed by atoms with Gasteiger partial charge in [0, 0.05) is 11.8 Å². The molecule has 0 aliphatic carbocycles. The van der Waals surface area contributed by atoms with Crippen molar-refractivity contribution in [2.75, 3.05) is 17.9 Å². The number of anilines is 1. The van der Waals surface area contributed by atoms with Gasteiger partial charge in [-0.2, -0.15) is 0 Å². The van der Waals surface area contributed by atoms with E-state index in [0.717, 1.165) is 0 Å². The molecule has 10 nitrogen and oxygen atoms in total. The van der Waals surface area contributed by atoms with Crippen molar-refractivity contribution in [2.24, 2.45) is 0 Å². The summed E-state index contributed by atoms with van der Waals surface area (Å²) in [4.78, 5) is 25.6. The number of rotatable bonds is 6. The molecule has 0 spiro atoms. The van der Waals surface area contributed by atoms with Gasteiger partial charge >= 0.3 is 0 Å². The fraction of sp³-hybridized carbons (Fsp3) is 0.143. The molecule has 0 atom stereocenters. The van der Waals surface area contributed by atoms with Crippen molar-refractivity contribution >= 4 is 50.7 Å². The number of hydrogen-bond donors (Lipinski definition) is 1. The van der Waals surface area contributed by atoms with Crippen LogP contribution in [0.25, 0.3) is 16.0 Å². The van der Waals surface area contributed by atoms with Crippen molar-refractivity contribution in [3.05, 3.63) is 64.2 Å². The van der Waals surface area contributed by atoms with E-state index in [9.17, 15) is 9.59 Å². The first-order chi connectivity index (χ1) is 16.2. The molecule has 0 fully saturated rings. The maximum absolute atomic E-state index is 13.0. The van der Waals surface area contributed by atoms with Crippen molar-refractivity contribution in [1.82, 2.24) is 19.2 Å². The Labute approximate surface area is 193 Å². The Kier molecular flexibility index (Phi) is 4.80. The van der Waals surface area contributed by atoms with E-state index in [1.165, 1.54) is 27.7 Å². The van der Waals surface area contributed by atoms with Gasteiger partial charge in [-0.05, 0) is 35.7 Å². The molecule has 5 aromatic rings. The molecule has 6 rings (SSSR count). The second kappa shape index (κ2) is 7.98. The van der Waals surface area contributed by atoms with Crippen LogP contribution < -0.4 is 20.3 Å². The summed E-state index contributed by atoms with van der Waals surface area (Å²) in [6, 6.07) is 10.7.